The van der Waals surface area contributed by atoms with Crippen LogP contribution in [0.5, 0.6) is 0 Å². The molecule has 0 saturated carbocycles. The van der Waals surface area contributed by atoms with Gasteiger partial charge in [-0.3, -0.25) is 0 Å². The fourth-order valence-electron chi connectivity index (χ4n) is 1.71. The fourth-order valence-corrected chi connectivity index (χ4v) is 1.71. The fraction of sp³-hybridized carbons (Fsp3) is 0.333. The third-order valence-electron chi connectivity index (χ3n) is 2.54. The van der Waals surface area contributed by atoms with Crippen LogP contribution in [0.25, 0.3) is 0 Å². The van der Waals surface area contributed by atoms with Crippen LogP contribution < -0.4 is 5.73 Å². The van der Waals surface area contributed by atoms with E-state index in [2.05, 4.69) is 10.1 Å². The van der Waals surface area contributed by atoms with Crippen molar-refractivity contribution in [2.75, 3.05) is 6.54 Å². The highest BCUT2D eigenvalue weighted by Crippen LogP contribution is 2.32. The molecule has 0 radical (unpaired) electrons. The summed E-state index contributed by atoms with van der Waals surface area (Å²) in [4.78, 5) is 3.99. The molecular formula is C12H12F3N3O. The lowest BCUT2D eigenvalue weighted by Crippen LogP contribution is -2.09. The van der Waals surface area contributed by atoms with Crippen molar-refractivity contribution < 1.29 is 17.7 Å². The number of hydrogen-bond acceptors (Lipinski definition) is 4. The molecule has 0 spiro atoms. The minimum atomic E-state index is -4.39. The molecule has 0 aliphatic carbocycles. The average Bonchev–Trinajstić information content (AvgIpc) is 2.76. The number of hydrogen-bond donors (Lipinski definition) is 1. The minimum Gasteiger partial charge on any atom is -0.339 e. The van der Waals surface area contributed by atoms with E-state index in [4.69, 9.17) is 10.3 Å². The van der Waals surface area contributed by atoms with Crippen LogP contribution >= 0.6 is 0 Å². The number of nitrogens with zero attached hydrogens (tertiary/aromatic N) is 2. The molecule has 0 unspecified atom stereocenters. The molecule has 0 amide bonds. The van der Waals surface area contributed by atoms with Gasteiger partial charge in [-0.25, -0.2) is 0 Å². The summed E-state index contributed by atoms with van der Waals surface area (Å²) < 4.78 is 43.3. The van der Waals surface area contributed by atoms with Crippen molar-refractivity contribution in [3.05, 3.63) is 47.1 Å². The first-order valence-corrected chi connectivity index (χ1v) is 5.67. The summed E-state index contributed by atoms with van der Waals surface area (Å²) in [5, 5.41) is 3.65. The zero-order valence-corrected chi connectivity index (χ0v) is 9.94. The molecule has 0 saturated heterocycles. The van der Waals surface area contributed by atoms with Crippen LogP contribution in [0.2, 0.25) is 0 Å². The van der Waals surface area contributed by atoms with Gasteiger partial charge in [0.1, 0.15) is 0 Å². The van der Waals surface area contributed by atoms with Crippen molar-refractivity contribution in [2.45, 2.75) is 19.0 Å². The van der Waals surface area contributed by atoms with E-state index in [0.29, 0.717) is 18.8 Å². The van der Waals surface area contributed by atoms with Crippen molar-refractivity contribution in [1.29, 1.82) is 0 Å². The van der Waals surface area contributed by atoms with Crippen LogP contribution in [-0.4, -0.2) is 16.7 Å². The molecule has 0 aliphatic rings. The van der Waals surface area contributed by atoms with Crippen molar-refractivity contribution in [2.24, 2.45) is 5.73 Å². The van der Waals surface area contributed by atoms with E-state index in [9.17, 15) is 13.2 Å². The van der Waals surface area contributed by atoms with E-state index in [1.807, 2.05) is 0 Å². The van der Waals surface area contributed by atoms with Crippen LogP contribution in [0.3, 0.4) is 0 Å². The van der Waals surface area contributed by atoms with Crippen LogP contribution in [0.15, 0.2) is 28.8 Å². The Morgan fingerprint density at radius 1 is 1.21 bits per heavy atom. The molecule has 2 rings (SSSR count). The number of nitrogens with two attached hydrogens (primary N) is 1. The van der Waals surface area contributed by atoms with Gasteiger partial charge in [0, 0.05) is 6.42 Å². The van der Waals surface area contributed by atoms with Crippen molar-refractivity contribution in [1.82, 2.24) is 10.1 Å². The second-order valence-corrected chi connectivity index (χ2v) is 3.97. The lowest BCUT2D eigenvalue weighted by molar-refractivity contribution is -0.138. The maximum atomic E-state index is 12.8. The van der Waals surface area contributed by atoms with E-state index < -0.39 is 11.7 Å². The molecule has 102 valence electrons. The standard InChI is InChI=1S/C12H12F3N3O/c13-12(14,15)9-4-2-1-3-8(9)7-11-17-10(5-6-16)18-19-11/h1-4H,5-7,16H2. The zero-order chi connectivity index (χ0) is 13.9. The molecule has 0 bridgehead atoms. The van der Waals surface area contributed by atoms with Crippen LogP contribution in [0.1, 0.15) is 22.8 Å². The summed E-state index contributed by atoms with van der Waals surface area (Å²) in [5.41, 5.74) is 4.76. The second kappa shape index (κ2) is 5.40. The van der Waals surface area contributed by atoms with Crippen LogP contribution in [0, 0.1) is 0 Å². The quantitative estimate of drug-likeness (QED) is 0.925. The van der Waals surface area contributed by atoms with Gasteiger partial charge in [0.25, 0.3) is 0 Å². The molecule has 0 fully saturated rings. The van der Waals surface area contributed by atoms with Crippen molar-refractivity contribution >= 4 is 0 Å². The van der Waals surface area contributed by atoms with E-state index >= 15 is 0 Å². The van der Waals surface area contributed by atoms with Crippen molar-refractivity contribution in [3.8, 4) is 0 Å². The number of aromatic nitrogens is 2. The first-order valence-electron chi connectivity index (χ1n) is 5.67. The van der Waals surface area contributed by atoms with Gasteiger partial charge >= 0.3 is 6.18 Å². The Balaban J connectivity index is 2.23. The maximum absolute atomic E-state index is 12.8. The molecule has 2 aromatic rings. The molecule has 19 heavy (non-hydrogen) atoms. The maximum Gasteiger partial charge on any atom is 0.416 e. The Morgan fingerprint density at radius 2 is 1.95 bits per heavy atom. The van der Waals surface area contributed by atoms with E-state index in [-0.39, 0.29) is 17.9 Å². The summed E-state index contributed by atoms with van der Waals surface area (Å²) in [6.07, 6.45) is -4.01. The van der Waals surface area contributed by atoms with Gasteiger partial charge in [0.05, 0.1) is 12.0 Å². The third-order valence-corrected chi connectivity index (χ3v) is 2.54. The highest BCUT2D eigenvalue weighted by atomic mass is 19.4. The Kier molecular flexibility index (Phi) is 3.84. The molecular weight excluding hydrogens is 259 g/mol. The molecule has 7 heteroatoms. The topological polar surface area (TPSA) is 64.9 Å². The molecule has 2 N–H and O–H groups in total. The van der Waals surface area contributed by atoms with Crippen LogP contribution in [-0.2, 0) is 19.0 Å². The van der Waals surface area contributed by atoms with Gasteiger partial charge < -0.3 is 10.3 Å². The smallest absolute Gasteiger partial charge is 0.339 e. The molecule has 0 aliphatic heterocycles. The predicted octanol–water partition coefficient (Wildman–Crippen LogP) is 2.18. The van der Waals surface area contributed by atoms with E-state index in [0.717, 1.165) is 6.07 Å². The predicted molar refractivity (Wildman–Crippen MR) is 61.3 cm³/mol. The number of rotatable bonds is 4. The number of alkyl halides is 3. The van der Waals surface area contributed by atoms with E-state index in [1.54, 1.807) is 6.07 Å². The van der Waals surface area contributed by atoms with Gasteiger partial charge in [-0.15, -0.1) is 0 Å². The van der Waals surface area contributed by atoms with Gasteiger partial charge in [-0.1, -0.05) is 23.4 Å². The third kappa shape index (κ3) is 3.31. The first kappa shape index (κ1) is 13.5. The molecule has 4 nitrogen and oxygen atoms in total. The van der Waals surface area contributed by atoms with Gasteiger partial charge in [-0.2, -0.15) is 18.2 Å². The monoisotopic (exact) mass is 271 g/mol. The lowest BCUT2D eigenvalue weighted by Gasteiger charge is -2.10. The van der Waals surface area contributed by atoms with Crippen LogP contribution in [0.4, 0.5) is 13.2 Å². The number of halogens is 3. The van der Waals surface area contributed by atoms with Gasteiger partial charge in [0.2, 0.25) is 5.89 Å². The van der Waals surface area contributed by atoms with E-state index in [1.165, 1.54) is 12.1 Å². The summed E-state index contributed by atoms with van der Waals surface area (Å²) in [5.74, 6) is 0.558. The molecule has 1 heterocycles. The van der Waals surface area contributed by atoms with Gasteiger partial charge in [0.15, 0.2) is 5.82 Å². The largest absolute Gasteiger partial charge is 0.416 e. The lowest BCUT2D eigenvalue weighted by atomic mass is 10.0. The normalized spacial score (nSPS) is 11.8. The SMILES string of the molecule is NCCc1noc(Cc2ccccc2C(F)(F)F)n1. The highest BCUT2D eigenvalue weighted by molar-refractivity contribution is 5.31. The Bertz CT molecular complexity index is 551. The average molecular weight is 271 g/mol. The Morgan fingerprint density at radius 3 is 2.63 bits per heavy atom. The number of benzene rings is 1. The Labute approximate surface area is 107 Å². The zero-order valence-electron chi connectivity index (χ0n) is 9.94. The molecule has 0 atom stereocenters. The summed E-state index contributed by atoms with van der Waals surface area (Å²) in [6.45, 7) is 0.359. The van der Waals surface area contributed by atoms with Gasteiger partial charge in [-0.05, 0) is 18.2 Å². The van der Waals surface area contributed by atoms with Crippen molar-refractivity contribution in [3.63, 3.8) is 0 Å². The highest BCUT2D eigenvalue weighted by Gasteiger charge is 2.33. The summed E-state index contributed by atoms with van der Waals surface area (Å²) in [7, 11) is 0. The first-order chi connectivity index (χ1) is 9.00. The summed E-state index contributed by atoms with van der Waals surface area (Å²) in [6, 6.07) is 5.32. The molecule has 1 aromatic heterocycles. The molecule has 1 aromatic carbocycles. The Hall–Kier alpha value is -1.89. The minimum absolute atomic E-state index is 0.0484. The second-order valence-electron chi connectivity index (χ2n) is 3.97. The summed E-state index contributed by atoms with van der Waals surface area (Å²) >= 11 is 0.